The summed E-state index contributed by atoms with van der Waals surface area (Å²) in [7, 11) is 0. The molecule has 0 spiro atoms. The molecule has 114 valence electrons. The van der Waals surface area contributed by atoms with Crippen LogP contribution in [0.25, 0.3) is 6.08 Å². The second kappa shape index (κ2) is 6.44. The van der Waals surface area contributed by atoms with Gasteiger partial charge in [-0.15, -0.1) is 0 Å². The molecule has 2 N–H and O–H groups in total. The highest BCUT2D eigenvalue weighted by molar-refractivity contribution is 5.91. The third kappa shape index (κ3) is 4.43. The zero-order chi connectivity index (χ0) is 15.5. The van der Waals surface area contributed by atoms with Crippen molar-refractivity contribution in [3.05, 3.63) is 41.5 Å². The Morgan fingerprint density at radius 2 is 1.76 bits per heavy atom. The molecule has 1 aliphatic rings. The number of benzene rings is 1. The van der Waals surface area contributed by atoms with E-state index in [2.05, 4.69) is 45.0 Å². The fourth-order valence-electron chi connectivity index (χ4n) is 2.49. The fourth-order valence-corrected chi connectivity index (χ4v) is 2.49. The van der Waals surface area contributed by atoms with Gasteiger partial charge >= 0.3 is 0 Å². The number of carbonyl (C=O) groups is 1. The highest BCUT2D eigenvalue weighted by Crippen LogP contribution is 2.22. The zero-order valence-electron chi connectivity index (χ0n) is 13.3. The van der Waals surface area contributed by atoms with E-state index < -0.39 is 0 Å². The van der Waals surface area contributed by atoms with E-state index in [0.717, 1.165) is 31.5 Å². The Morgan fingerprint density at radius 1 is 1.19 bits per heavy atom. The second-order valence-electron chi connectivity index (χ2n) is 6.87. The van der Waals surface area contributed by atoms with E-state index in [1.807, 2.05) is 11.0 Å². The van der Waals surface area contributed by atoms with Gasteiger partial charge in [-0.05, 0) is 35.5 Å². The highest BCUT2D eigenvalue weighted by Gasteiger charge is 2.18. The lowest BCUT2D eigenvalue weighted by Gasteiger charge is -2.29. The Labute approximate surface area is 127 Å². The SMILES string of the molecule is CC(C)(C)c1ccc(/C=C/C(=O)N2CCC(N)CC2)cc1. The van der Waals surface area contributed by atoms with Gasteiger partial charge in [-0.3, -0.25) is 4.79 Å². The molecule has 3 heteroatoms. The first-order valence-electron chi connectivity index (χ1n) is 7.69. The molecule has 21 heavy (non-hydrogen) atoms. The molecule has 1 fully saturated rings. The van der Waals surface area contributed by atoms with Gasteiger partial charge in [0.15, 0.2) is 0 Å². The summed E-state index contributed by atoms with van der Waals surface area (Å²) in [5.41, 5.74) is 8.37. The largest absolute Gasteiger partial charge is 0.339 e. The number of piperidine rings is 1. The molecule has 1 saturated heterocycles. The molecule has 2 rings (SSSR count). The van der Waals surface area contributed by atoms with Gasteiger partial charge in [0.1, 0.15) is 0 Å². The van der Waals surface area contributed by atoms with E-state index in [1.165, 1.54) is 5.56 Å². The first-order chi connectivity index (χ1) is 9.86. The number of amides is 1. The topological polar surface area (TPSA) is 46.3 Å². The molecular formula is C18H26N2O. The molecule has 1 aromatic carbocycles. The van der Waals surface area contributed by atoms with Crippen LogP contribution in [0.4, 0.5) is 0 Å². The summed E-state index contributed by atoms with van der Waals surface area (Å²) in [4.78, 5) is 14.0. The summed E-state index contributed by atoms with van der Waals surface area (Å²) in [5.74, 6) is 0.0850. The van der Waals surface area contributed by atoms with E-state index in [0.29, 0.717) is 0 Å². The number of nitrogens with two attached hydrogens (primary N) is 1. The Balaban J connectivity index is 1.96. The van der Waals surface area contributed by atoms with Gasteiger partial charge < -0.3 is 10.6 Å². The van der Waals surface area contributed by atoms with Crippen LogP contribution in [0.3, 0.4) is 0 Å². The third-order valence-corrected chi connectivity index (χ3v) is 4.05. The lowest BCUT2D eigenvalue weighted by molar-refractivity contribution is -0.126. The number of likely N-dealkylation sites (tertiary alicyclic amines) is 1. The molecule has 0 bridgehead atoms. The number of hydrogen-bond acceptors (Lipinski definition) is 2. The molecule has 0 radical (unpaired) electrons. The molecule has 1 aliphatic heterocycles. The monoisotopic (exact) mass is 286 g/mol. The number of hydrogen-bond donors (Lipinski definition) is 1. The summed E-state index contributed by atoms with van der Waals surface area (Å²) in [6.07, 6.45) is 5.37. The molecule has 0 aliphatic carbocycles. The van der Waals surface area contributed by atoms with Crippen molar-refractivity contribution in [3.8, 4) is 0 Å². The summed E-state index contributed by atoms with van der Waals surface area (Å²) in [6.45, 7) is 8.13. The standard InChI is InChI=1S/C18H26N2O/c1-18(2,3)15-7-4-14(5-8-15)6-9-17(21)20-12-10-16(19)11-13-20/h4-9,16H,10-13,19H2,1-3H3/b9-6+. The van der Waals surface area contributed by atoms with E-state index in [1.54, 1.807) is 6.08 Å². The van der Waals surface area contributed by atoms with E-state index in [9.17, 15) is 4.79 Å². The van der Waals surface area contributed by atoms with Crippen LogP contribution in [0, 0.1) is 0 Å². The van der Waals surface area contributed by atoms with Crippen molar-refractivity contribution in [1.29, 1.82) is 0 Å². The van der Waals surface area contributed by atoms with Gasteiger partial charge in [0.25, 0.3) is 0 Å². The van der Waals surface area contributed by atoms with Crippen molar-refractivity contribution in [2.24, 2.45) is 5.73 Å². The summed E-state index contributed by atoms with van der Waals surface area (Å²) in [6, 6.07) is 8.64. The van der Waals surface area contributed by atoms with Crippen LogP contribution in [0.1, 0.15) is 44.7 Å². The predicted octanol–water partition coefficient (Wildman–Crippen LogP) is 2.95. The van der Waals surface area contributed by atoms with Crippen LogP contribution in [0.15, 0.2) is 30.3 Å². The minimum Gasteiger partial charge on any atom is -0.339 e. The van der Waals surface area contributed by atoms with Gasteiger partial charge in [-0.2, -0.15) is 0 Å². The average molecular weight is 286 g/mol. The molecule has 0 saturated carbocycles. The Bertz CT molecular complexity index is 503. The summed E-state index contributed by atoms with van der Waals surface area (Å²) in [5, 5.41) is 0. The smallest absolute Gasteiger partial charge is 0.246 e. The molecule has 1 heterocycles. The maximum absolute atomic E-state index is 12.1. The highest BCUT2D eigenvalue weighted by atomic mass is 16.2. The molecule has 0 atom stereocenters. The van der Waals surface area contributed by atoms with E-state index in [4.69, 9.17) is 5.73 Å². The Kier molecular flexibility index (Phi) is 4.84. The van der Waals surface area contributed by atoms with Gasteiger partial charge in [-0.1, -0.05) is 45.0 Å². The second-order valence-corrected chi connectivity index (χ2v) is 6.87. The molecule has 0 unspecified atom stereocenters. The fraction of sp³-hybridized carbons (Fsp3) is 0.500. The predicted molar refractivity (Wildman–Crippen MR) is 88.0 cm³/mol. The van der Waals surface area contributed by atoms with Crippen molar-refractivity contribution in [3.63, 3.8) is 0 Å². The molecule has 1 aromatic rings. The maximum atomic E-state index is 12.1. The van der Waals surface area contributed by atoms with Crippen molar-refractivity contribution in [1.82, 2.24) is 4.90 Å². The number of carbonyl (C=O) groups excluding carboxylic acids is 1. The Morgan fingerprint density at radius 3 is 2.29 bits per heavy atom. The third-order valence-electron chi connectivity index (χ3n) is 4.05. The zero-order valence-corrected chi connectivity index (χ0v) is 13.3. The van der Waals surface area contributed by atoms with Crippen LogP contribution in [0.2, 0.25) is 0 Å². The summed E-state index contributed by atoms with van der Waals surface area (Å²) < 4.78 is 0. The van der Waals surface area contributed by atoms with Crippen LogP contribution in [0.5, 0.6) is 0 Å². The van der Waals surface area contributed by atoms with Gasteiger partial charge in [0.2, 0.25) is 5.91 Å². The van der Waals surface area contributed by atoms with E-state index in [-0.39, 0.29) is 17.4 Å². The van der Waals surface area contributed by atoms with Crippen molar-refractivity contribution in [2.75, 3.05) is 13.1 Å². The molecule has 0 aromatic heterocycles. The van der Waals surface area contributed by atoms with Crippen molar-refractivity contribution in [2.45, 2.75) is 45.1 Å². The summed E-state index contributed by atoms with van der Waals surface area (Å²) >= 11 is 0. The van der Waals surface area contributed by atoms with Gasteiger partial charge in [-0.25, -0.2) is 0 Å². The lowest BCUT2D eigenvalue weighted by Crippen LogP contribution is -2.42. The molecule has 3 nitrogen and oxygen atoms in total. The molecule has 1 amide bonds. The lowest BCUT2D eigenvalue weighted by atomic mass is 9.87. The van der Waals surface area contributed by atoms with Crippen LogP contribution in [-0.2, 0) is 10.2 Å². The van der Waals surface area contributed by atoms with Crippen molar-refractivity contribution >= 4 is 12.0 Å². The quantitative estimate of drug-likeness (QED) is 0.850. The average Bonchev–Trinajstić information content (AvgIpc) is 2.45. The van der Waals surface area contributed by atoms with E-state index >= 15 is 0 Å². The normalized spacial score (nSPS) is 17.4. The van der Waals surface area contributed by atoms with Gasteiger partial charge in [0.05, 0.1) is 0 Å². The first-order valence-corrected chi connectivity index (χ1v) is 7.69. The number of nitrogens with zero attached hydrogens (tertiary/aromatic N) is 1. The van der Waals surface area contributed by atoms with Crippen LogP contribution >= 0.6 is 0 Å². The Hall–Kier alpha value is -1.61. The number of rotatable bonds is 2. The minimum absolute atomic E-state index is 0.0850. The maximum Gasteiger partial charge on any atom is 0.246 e. The van der Waals surface area contributed by atoms with Crippen molar-refractivity contribution < 1.29 is 4.79 Å². The minimum atomic E-state index is 0.0850. The van der Waals surface area contributed by atoms with Crippen LogP contribution < -0.4 is 5.73 Å². The molecular weight excluding hydrogens is 260 g/mol. The van der Waals surface area contributed by atoms with Crippen LogP contribution in [-0.4, -0.2) is 29.9 Å². The van der Waals surface area contributed by atoms with Gasteiger partial charge in [0, 0.05) is 25.2 Å². The first kappa shape index (κ1) is 15.8.